The molecular weight excluding hydrogens is 208 g/mol. The van der Waals surface area contributed by atoms with Crippen LogP contribution in [0.1, 0.15) is 18.8 Å². The van der Waals surface area contributed by atoms with Crippen LogP contribution < -0.4 is 0 Å². The van der Waals surface area contributed by atoms with Gasteiger partial charge in [-0.15, -0.1) is 0 Å². The van der Waals surface area contributed by atoms with Gasteiger partial charge in [-0.05, 0) is 43.5 Å². The fourth-order valence-corrected chi connectivity index (χ4v) is 1.64. The van der Waals surface area contributed by atoms with Crippen molar-refractivity contribution in [2.24, 2.45) is 0 Å². The highest BCUT2D eigenvalue weighted by atomic mass is 14.7. The van der Waals surface area contributed by atoms with Crippen LogP contribution in [0.5, 0.6) is 0 Å². The molecule has 2 nitrogen and oxygen atoms in total. The van der Waals surface area contributed by atoms with Crippen molar-refractivity contribution in [3.05, 3.63) is 60.0 Å². The van der Waals surface area contributed by atoms with Crippen LogP contribution in [0.3, 0.4) is 0 Å². The van der Waals surface area contributed by atoms with Gasteiger partial charge in [0.05, 0.1) is 0 Å². The van der Waals surface area contributed by atoms with Gasteiger partial charge >= 0.3 is 0 Å². The second kappa shape index (κ2) is 5.94. The summed E-state index contributed by atoms with van der Waals surface area (Å²) < 4.78 is 0. The minimum Gasteiger partial charge on any atom is -0.365 e. The molecule has 2 heteroatoms. The van der Waals surface area contributed by atoms with Gasteiger partial charge in [-0.1, -0.05) is 25.6 Å². The van der Waals surface area contributed by atoms with Crippen molar-refractivity contribution in [1.82, 2.24) is 9.97 Å². The molecule has 0 saturated heterocycles. The van der Waals surface area contributed by atoms with E-state index < -0.39 is 0 Å². The predicted molar refractivity (Wildman–Crippen MR) is 75.3 cm³/mol. The molecule has 0 fully saturated rings. The summed E-state index contributed by atoms with van der Waals surface area (Å²) in [6.45, 7) is 4.10. The van der Waals surface area contributed by atoms with Gasteiger partial charge in [0.15, 0.2) is 0 Å². The van der Waals surface area contributed by atoms with E-state index in [1.807, 2.05) is 31.3 Å². The summed E-state index contributed by atoms with van der Waals surface area (Å²) in [5.74, 6) is 0. The average Bonchev–Trinajstić information content (AvgIpc) is 2.86. The fourth-order valence-electron chi connectivity index (χ4n) is 1.64. The third kappa shape index (κ3) is 3.52. The number of fused-ring (bicyclic) bond motifs is 1. The summed E-state index contributed by atoms with van der Waals surface area (Å²) in [5.41, 5.74) is 3.66. The number of rotatable bonds is 0. The van der Waals surface area contributed by atoms with Crippen molar-refractivity contribution in [3.8, 4) is 0 Å². The van der Waals surface area contributed by atoms with Crippen molar-refractivity contribution in [2.75, 3.05) is 0 Å². The molecule has 0 bridgehead atoms. The maximum atomic E-state index is 3.26. The number of para-hydroxylation sites is 1. The number of hydrogen-bond acceptors (Lipinski definition) is 0. The van der Waals surface area contributed by atoms with Gasteiger partial charge in [-0.25, -0.2) is 0 Å². The molecule has 17 heavy (non-hydrogen) atoms. The molecular formula is C15H20N2. The molecule has 90 valence electrons. The second-order valence-electron chi connectivity index (χ2n) is 3.89. The second-order valence-corrected chi connectivity index (χ2v) is 3.89. The molecule has 0 aliphatic carbocycles. The molecule has 2 aromatic heterocycles. The molecule has 1 aromatic carbocycles. The van der Waals surface area contributed by atoms with Gasteiger partial charge in [0, 0.05) is 23.1 Å². The highest BCUT2D eigenvalue weighted by Gasteiger charge is 1.92. The van der Waals surface area contributed by atoms with E-state index >= 15 is 0 Å². The lowest BCUT2D eigenvalue weighted by Crippen LogP contribution is -1.65. The van der Waals surface area contributed by atoms with Crippen LogP contribution >= 0.6 is 0 Å². The van der Waals surface area contributed by atoms with Gasteiger partial charge in [-0.3, -0.25) is 0 Å². The molecule has 2 heterocycles. The molecule has 2 N–H and O–H groups in total. The summed E-state index contributed by atoms with van der Waals surface area (Å²) in [6, 6.07) is 14.4. The zero-order valence-corrected chi connectivity index (χ0v) is 9.62. The molecule has 0 atom stereocenters. The maximum Gasteiger partial charge on any atom is 0.0455 e. The smallest absolute Gasteiger partial charge is 0.0455 e. The summed E-state index contributed by atoms with van der Waals surface area (Å²) >= 11 is 0. The topological polar surface area (TPSA) is 31.6 Å². The molecule has 0 aliphatic rings. The average molecular weight is 228 g/mol. The van der Waals surface area contributed by atoms with Gasteiger partial charge in [0.25, 0.3) is 0 Å². The first-order valence-electron chi connectivity index (χ1n) is 5.40. The number of aryl methyl sites for hydroxylation is 2. The first kappa shape index (κ1) is 13.1. The van der Waals surface area contributed by atoms with Crippen molar-refractivity contribution in [3.63, 3.8) is 0 Å². The maximum absolute atomic E-state index is 3.26. The number of aromatic amines is 2. The Morgan fingerprint density at radius 3 is 2.18 bits per heavy atom. The number of hydrogen-bond donors (Lipinski definition) is 2. The Morgan fingerprint density at radius 2 is 1.65 bits per heavy atom. The highest BCUT2D eigenvalue weighted by molar-refractivity contribution is 5.79. The van der Waals surface area contributed by atoms with Crippen LogP contribution in [0.4, 0.5) is 0 Å². The highest BCUT2D eigenvalue weighted by Crippen LogP contribution is 2.12. The van der Waals surface area contributed by atoms with Gasteiger partial charge in [-0.2, -0.15) is 0 Å². The fraction of sp³-hybridized carbons (Fsp3) is 0.200. The van der Waals surface area contributed by atoms with Gasteiger partial charge < -0.3 is 9.97 Å². The van der Waals surface area contributed by atoms with Gasteiger partial charge in [0.2, 0.25) is 0 Å². The summed E-state index contributed by atoms with van der Waals surface area (Å²) in [4.78, 5) is 6.26. The lowest BCUT2D eigenvalue weighted by Gasteiger charge is -1.83. The largest absolute Gasteiger partial charge is 0.365 e. The minimum absolute atomic E-state index is 0. The Labute approximate surface area is 103 Å². The Morgan fingerprint density at radius 1 is 0.882 bits per heavy atom. The van der Waals surface area contributed by atoms with E-state index in [0.717, 1.165) is 0 Å². The van der Waals surface area contributed by atoms with E-state index in [2.05, 4.69) is 41.2 Å². The summed E-state index contributed by atoms with van der Waals surface area (Å²) in [7, 11) is 0. The number of H-pyrrole nitrogens is 2. The SMILES string of the molecule is C.Cc1cc2ccccc2[nH]1.Cc1ccc[nH]1. The molecule has 0 aliphatic heterocycles. The van der Waals surface area contributed by atoms with Crippen LogP contribution in [0.25, 0.3) is 10.9 Å². The number of nitrogens with one attached hydrogen (secondary N) is 2. The Bertz CT molecular complexity index is 514. The Kier molecular flexibility index (Phi) is 4.58. The quantitative estimate of drug-likeness (QED) is 0.570. The van der Waals surface area contributed by atoms with Crippen molar-refractivity contribution in [2.45, 2.75) is 21.3 Å². The Balaban J connectivity index is 0.000000180. The lowest BCUT2D eigenvalue weighted by atomic mass is 10.2. The number of aromatic nitrogens is 2. The lowest BCUT2D eigenvalue weighted by molar-refractivity contribution is 1.27. The molecule has 0 saturated carbocycles. The summed E-state index contributed by atoms with van der Waals surface area (Å²) in [5, 5.41) is 1.29. The van der Waals surface area contributed by atoms with Crippen molar-refractivity contribution in [1.29, 1.82) is 0 Å². The van der Waals surface area contributed by atoms with E-state index in [-0.39, 0.29) is 7.43 Å². The van der Waals surface area contributed by atoms with Crippen molar-refractivity contribution < 1.29 is 0 Å². The molecule has 0 spiro atoms. The molecule has 0 amide bonds. The summed E-state index contributed by atoms with van der Waals surface area (Å²) in [6.07, 6.45) is 1.91. The van der Waals surface area contributed by atoms with Gasteiger partial charge in [0.1, 0.15) is 0 Å². The van der Waals surface area contributed by atoms with E-state index in [9.17, 15) is 0 Å². The first-order chi connectivity index (χ1) is 7.75. The monoisotopic (exact) mass is 228 g/mol. The zero-order chi connectivity index (χ0) is 11.4. The minimum atomic E-state index is 0. The zero-order valence-electron chi connectivity index (χ0n) is 9.62. The molecule has 3 rings (SSSR count). The van der Waals surface area contributed by atoms with E-state index in [1.165, 1.54) is 22.3 Å². The number of benzene rings is 1. The molecule has 0 radical (unpaired) electrons. The third-order valence-corrected chi connectivity index (χ3v) is 2.42. The molecule has 0 unspecified atom stereocenters. The third-order valence-electron chi connectivity index (χ3n) is 2.42. The van der Waals surface area contributed by atoms with Crippen LogP contribution in [0, 0.1) is 13.8 Å². The van der Waals surface area contributed by atoms with E-state index in [0.29, 0.717) is 0 Å². The standard InChI is InChI=1S/C9H9N.C5H7N.CH4/c1-7-6-8-4-2-3-5-9(8)10-7;1-5-3-2-4-6-5;/h2-6,10H,1H3;2-4,6H,1H3;1H4. The van der Waals surface area contributed by atoms with Crippen molar-refractivity contribution >= 4 is 10.9 Å². The Hall–Kier alpha value is -1.96. The van der Waals surface area contributed by atoms with Crippen LogP contribution in [-0.4, -0.2) is 9.97 Å². The normalized spacial score (nSPS) is 9.29. The van der Waals surface area contributed by atoms with Crippen LogP contribution in [0.2, 0.25) is 0 Å². The van der Waals surface area contributed by atoms with E-state index in [1.54, 1.807) is 0 Å². The molecule has 3 aromatic rings. The van der Waals surface area contributed by atoms with Crippen LogP contribution in [-0.2, 0) is 0 Å². The predicted octanol–water partition coefficient (Wildman–Crippen LogP) is 4.44. The van der Waals surface area contributed by atoms with Crippen LogP contribution in [0.15, 0.2) is 48.7 Å². The van der Waals surface area contributed by atoms with E-state index in [4.69, 9.17) is 0 Å². The first-order valence-corrected chi connectivity index (χ1v) is 5.40.